The molecule has 1 aliphatic heterocycles. The molecule has 1 aliphatic rings. The molecule has 0 spiro atoms. The number of esters is 2. The van der Waals surface area contributed by atoms with Crippen molar-refractivity contribution in [3.63, 3.8) is 0 Å². The van der Waals surface area contributed by atoms with E-state index in [2.05, 4.69) is 22.8 Å². The molecule has 10 heteroatoms. The summed E-state index contributed by atoms with van der Waals surface area (Å²) < 4.78 is 18.9. The van der Waals surface area contributed by atoms with Crippen molar-refractivity contribution in [1.29, 1.82) is 0 Å². The molecule has 0 unspecified atom stereocenters. The molecule has 35 heavy (non-hydrogen) atoms. The molecule has 3 rings (SSSR count). The van der Waals surface area contributed by atoms with Crippen LogP contribution < -0.4 is 5.73 Å². The molecule has 3 heterocycles. The lowest BCUT2D eigenvalue weighted by atomic mass is 9.98. The first-order valence-electron chi connectivity index (χ1n) is 12.1. The van der Waals surface area contributed by atoms with Crippen LogP contribution in [0.15, 0.2) is 12.3 Å². The van der Waals surface area contributed by atoms with Crippen LogP contribution in [0.5, 0.6) is 0 Å². The van der Waals surface area contributed by atoms with Gasteiger partial charge in [0.15, 0.2) is 0 Å². The van der Waals surface area contributed by atoms with Crippen LogP contribution in [0.4, 0.5) is 5.82 Å². The number of anilines is 1. The standard InChI is InChI=1S/C25H33ClN4O5/c1-4-6-7-8-9-10-11-12-21(32)33-16-25(5-2)19(34-17(3)31)15-20(35-25)30-14-13-18-22(27)28-24(26)29-23(18)30/h2,13-14,19-20H,4,6-12,15-16H2,1,3H3,(H2,27,28,29)/t19-,20+,25+/m0/s1. The van der Waals surface area contributed by atoms with Gasteiger partial charge in [0.1, 0.15) is 30.4 Å². The van der Waals surface area contributed by atoms with Gasteiger partial charge >= 0.3 is 11.9 Å². The van der Waals surface area contributed by atoms with Crippen molar-refractivity contribution in [1.82, 2.24) is 14.5 Å². The van der Waals surface area contributed by atoms with Crippen molar-refractivity contribution in [3.05, 3.63) is 17.5 Å². The number of carbonyl (C=O) groups excluding carboxylic acids is 2. The molecule has 0 amide bonds. The van der Waals surface area contributed by atoms with Crippen LogP contribution in [0.2, 0.25) is 5.28 Å². The molecule has 2 aromatic rings. The number of nitrogen functional groups attached to an aromatic ring is 1. The maximum Gasteiger partial charge on any atom is 0.305 e. The van der Waals surface area contributed by atoms with E-state index in [1.807, 2.05) is 0 Å². The van der Waals surface area contributed by atoms with E-state index in [9.17, 15) is 9.59 Å². The lowest BCUT2D eigenvalue weighted by Gasteiger charge is -2.28. The summed E-state index contributed by atoms with van der Waals surface area (Å²) in [5, 5.41) is 0.591. The van der Waals surface area contributed by atoms with Crippen molar-refractivity contribution < 1.29 is 23.8 Å². The maximum absolute atomic E-state index is 12.4. The van der Waals surface area contributed by atoms with Crippen LogP contribution in [0.1, 0.15) is 77.9 Å². The Balaban J connectivity index is 1.66. The quantitative estimate of drug-likeness (QED) is 0.193. The summed E-state index contributed by atoms with van der Waals surface area (Å²) >= 11 is 5.99. The highest BCUT2D eigenvalue weighted by atomic mass is 35.5. The highest BCUT2D eigenvalue weighted by Gasteiger charge is 2.52. The number of fused-ring (bicyclic) bond motifs is 1. The van der Waals surface area contributed by atoms with E-state index in [4.69, 9.17) is 38.0 Å². The average Bonchev–Trinajstić information content (AvgIpc) is 3.38. The molecule has 2 aromatic heterocycles. The van der Waals surface area contributed by atoms with E-state index >= 15 is 0 Å². The summed E-state index contributed by atoms with van der Waals surface area (Å²) in [6, 6.07) is 1.74. The summed E-state index contributed by atoms with van der Waals surface area (Å²) in [4.78, 5) is 32.4. The summed E-state index contributed by atoms with van der Waals surface area (Å²) in [5.41, 5.74) is 4.97. The topological polar surface area (TPSA) is 119 Å². The number of aromatic nitrogens is 3. The van der Waals surface area contributed by atoms with Gasteiger partial charge in [0.25, 0.3) is 0 Å². The Bertz CT molecular complexity index is 1080. The predicted molar refractivity (Wildman–Crippen MR) is 132 cm³/mol. The smallest absolute Gasteiger partial charge is 0.305 e. The van der Waals surface area contributed by atoms with Gasteiger partial charge in [-0.2, -0.15) is 4.98 Å². The molecule has 0 bridgehead atoms. The number of terminal acetylenes is 1. The van der Waals surface area contributed by atoms with Gasteiger partial charge in [-0.3, -0.25) is 9.59 Å². The molecule has 0 saturated carbocycles. The van der Waals surface area contributed by atoms with Crippen LogP contribution in [0.25, 0.3) is 11.0 Å². The molecule has 3 atom stereocenters. The normalized spacial score (nSPS) is 21.7. The number of carbonyl (C=O) groups is 2. The molecular weight excluding hydrogens is 472 g/mol. The highest BCUT2D eigenvalue weighted by Crippen LogP contribution is 2.40. The minimum Gasteiger partial charge on any atom is -0.461 e. The molecule has 9 nitrogen and oxygen atoms in total. The van der Waals surface area contributed by atoms with Crippen LogP contribution >= 0.6 is 11.6 Å². The summed E-state index contributed by atoms with van der Waals surface area (Å²) in [6.07, 6.45) is 14.3. The van der Waals surface area contributed by atoms with Crippen molar-refractivity contribution in [2.45, 2.75) is 89.6 Å². The second-order valence-corrected chi connectivity index (χ2v) is 9.15. The second kappa shape index (κ2) is 12.2. The van der Waals surface area contributed by atoms with Gasteiger partial charge < -0.3 is 24.5 Å². The number of hydrogen-bond acceptors (Lipinski definition) is 8. The molecule has 0 aromatic carbocycles. The van der Waals surface area contributed by atoms with E-state index in [-0.39, 0.29) is 30.1 Å². The lowest BCUT2D eigenvalue weighted by Crippen LogP contribution is -2.45. The fourth-order valence-electron chi connectivity index (χ4n) is 4.30. The van der Waals surface area contributed by atoms with Crippen LogP contribution in [0, 0.1) is 12.3 Å². The first-order valence-corrected chi connectivity index (χ1v) is 12.5. The fraction of sp³-hybridized carbons (Fsp3) is 0.600. The Morgan fingerprint density at radius 1 is 1.29 bits per heavy atom. The average molecular weight is 505 g/mol. The Morgan fingerprint density at radius 3 is 2.69 bits per heavy atom. The third-order valence-electron chi connectivity index (χ3n) is 6.15. The van der Waals surface area contributed by atoms with Crippen LogP contribution in [-0.2, 0) is 23.8 Å². The number of halogens is 1. The minimum atomic E-state index is -1.44. The summed E-state index contributed by atoms with van der Waals surface area (Å²) in [5.74, 6) is 1.93. The number of nitrogens with two attached hydrogens (primary N) is 1. The number of ether oxygens (including phenoxy) is 3. The monoisotopic (exact) mass is 504 g/mol. The molecule has 1 saturated heterocycles. The molecule has 0 aliphatic carbocycles. The molecule has 2 N–H and O–H groups in total. The van der Waals surface area contributed by atoms with E-state index in [0.717, 1.165) is 19.3 Å². The maximum atomic E-state index is 12.4. The van der Waals surface area contributed by atoms with Crippen molar-refractivity contribution >= 4 is 40.4 Å². The zero-order valence-corrected chi connectivity index (χ0v) is 21.1. The van der Waals surface area contributed by atoms with Gasteiger partial charge in [-0.25, -0.2) is 4.98 Å². The van der Waals surface area contributed by atoms with E-state index in [1.54, 1.807) is 16.8 Å². The Kier molecular flexibility index (Phi) is 9.35. The van der Waals surface area contributed by atoms with Gasteiger partial charge in [0, 0.05) is 26.0 Å². The van der Waals surface area contributed by atoms with E-state index in [1.165, 1.54) is 32.6 Å². The minimum absolute atomic E-state index is 0.00742. The van der Waals surface area contributed by atoms with Crippen molar-refractivity contribution in [2.75, 3.05) is 12.3 Å². The first kappa shape index (κ1) is 26.8. The van der Waals surface area contributed by atoms with Gasteiger partial charge in [-0.05, 0) is 24.1 Å². The zero-order chi connectivity index (χ0) is 25.4. The van der Waals surface area contributed by atoms with Gasteiger partial charge in [0.2, 0.25) is 10.9 Å². The van der Waals surface area contributed by atoms with E-state index in [0.29, 0.717) is 17.5 Å². The first-order chi connectivity index (χ1) is 16.8. The molecule has 0 radical (unpaired) electrons. The molecular formula is C25H33ClN4O5. The van der Waals surface area contributed by atoms with E-state index < -0.39 is 23.9 Å². The van der Waals surface area contributed by atoms with Crippen LogP contribution in [0.3, 0.4) is 0 Å². The Morgan fingerprint density at radius 2 is 2.00 bits per heavy atom. The zero-order valence-electron chi connectivity index (χ0n) is 20.3. The highest BCUT2D eigenvalue weighted by molar-refractivity contribution is 6.28. The number of rotatable bonds is 12. The van der Waals surface area contributed by atoms with Gasteiger partial charge in [-0.15, -0.1) is 6.42 Å². The molecule has 1 fully saturated rings. The van der Waals surface area contributed by atoms with Crippen molar-refractivity contribution in [3.8, 4) is 12.3 Å². The molecule has 190 valence electrons. The fourth-order valence-corrected chi connectivity index (χ4v) is 4.47. The third-order valence-corrected chi connectivity index (χ3v) is 6.32. The Labute approximate surface area is 210 Å². The number of nitrogens with zero attached hydrogens (tertiary/aromatic N) is 3. The number of hydrogen-bond donors (Lipinski definition) is 1. The SMILES string of the molecule is C#C[C@]1(COC(=O)CCCCCCCCC)O[C@@H](n2ccc3c(N)nc(Cl)nc32)C[C@@H]1OC(C)=O. The lowest BCUT2D eigenvalue weighted by molar-refractivity contribution is -0.165. The predicted octanol–water partition coefficient (Wildman–Crippen LogP) is 4.57. The van der Waals surface area contributed by atoms with Crippen LogP contribution in [-0.4, -0.2) is 44.8 Å². The van der Waals surface area contributed by atoms with Crippen molar-refractivity contribution in [2.24, 2.45) is 0 Å². The third kappa shape index (κ3) is 6.65. The van der Waals surface area contributed by atoms with Gasteiger partial charge in [-0.1, -0.05) is 51.4 Å². The largest absolute Gasteiger partial charge is 0.461 e. The summed E-state index contributed by atoms with van der Waals surface area (Å²) in [7, 11) is 0. The van der Waals surface area contributed by atoms with Gasteiger partial charge in [0.05, 0.1) is 5.39 Å². The Hall–Kier alpha value is -2.83. The number of unbranched alkanes of at least 4 members (excludes halogenated alkanes) is 6. The summed E-state index contributed by atoms with van der Waals surface area (Å²) in [6.45, 7) is 3.24. The second-order valence-electron chi connectivity index (χ2n) is 8.81.